The maximum Gasteiger partial charge on any atom is 0.407 e. The number of nitrogens with zero attached hydrogens (tertiary/aromatic N) is 2. The van der Waals surface area contributed by atoms with Crippen molar-refractivity contribution in [3.63, 3.8) is 0 Å². The van der Waals surface area contributed by atoms with E-state index in [1.54, 1.807) is 7.11 Å². The number of nitrogens with one attached hydrogen (secondary N) is 1. The lowest BCUT2D eigenvalue weighted by Gasteiger charge is -2.31. The number of methoxy groups -OCH3 is 1. The Hall–Kier alpha value is -1.56. The minimum absolute atomic E-state index is 0.161. The molecule has 0 aromatic carbocycles. The number of carbonyl (C=O) groups excluding carboxylic acids is 1. The van der Waals surface area contributed by atoms with Crippen molar-refractivity contribution in [2.75, 3.05) is 13.7 Å². The molecule has 1 N–H and O–H groups in total. The van der Waals surface area contributed by atoms with Crippen LogP contribution in [-0.2, 0) is 16.0 Å². The fourth-order valence-corrected chi connectivity index (χ4v) is 3.11. The van der Waals surface area contributed by atoms with Crippen molar-refractivity contribution in [1.29, 1.82) is 0 Å². The summed E-state index contributed by atoms with van der Waals surface area (Å²) in [6.45, 7) is 7.13. The number of rotatable bonds is 5. The van der Waals surface area contributed by atoms with Crippen molar-refractivity contribution in [1.82, 2.24) is 14.9 Å². The Morgan fingerprint density at radius 1 is 1.43 bits per heavy atom. The number of carbonyl (C=O) groups is 1. The van der Waals surface area contributed by atoms with E-state index in [0.29, 0.717) is 12.5 Å². The number of hydrogen-bond donors (Lipinski definition) is 1. The Labute approximate surface area is 138 Å². The third-order valence-corrected chi connectivity index (χ3v) is 4.09. The van der Waals surface area contributed by atoms with Crippen LogP contribution in [0.25, 0.3) is 0 Å². The first-order valence-corrected chi connectivity index (χ1v) is 8.37. The summed E-state index contributed by atoms with van der Waals surface area (Å²) < 4.78 is 12.7. The molecular weight excluding hydrogens is 294 g/mol. The van der Waals surface area contributed by atoms with Gasteiger partial charge in [0.1, 0.15) is 5.60 Å². The highest BCUT2D eigenvalue weighted by Crippen LogP contribution is 2.33. The molecule has 0 spiro atoms. The second-order valence-electron chi connectivity index (χ2n) is 7.21. The van der Waals surface area contributed by atoms with Crippen LogP contribution in [0.5, 0.6) is 0 Å². The summed E-state index contributed by atoms with van der Waals surface area (Å²) in [7, 11) is 1.71. The fourth-order valence-electron chi connectivity index (χ4n) is 3.11. The van der Waals surface area contributed by atoms with Gasteiger partial charge in [0, 0.05) is 37.5 Å². The minimum Gasteiger partial charge on any atom is -0.444 e. The van der Waals surface area contributed by atoms with E-state index in [-0.39, 0.29) is 12.1 Å². The normalized spacial score (nSPS) is 21.9. The molecule has 6 nitrogen and oxygen atoms in total. The van der Waals surface area contributed by atoms with Gasteiger partial charge in [-0.25, -0.2) is 9.78 Å². The summed E-state index contributed by atoms with van der Waals surface area (Å²) in [6, 6.07) is 0.161. The summed E-state index contributed by atoms with van der Waals surface area (Å²) >= 11 is 0. The van der Waals surface area contributed by atoms with E-state index in [1.807, 2.05) is 33.3 Å². The molecule has 2 unspecified atom stereocenters. The molecular formula is C17H29N3O3. The van der Waals surface area contributed by atoms with Crippen LogP contribution in [-0.4, -0.2) is 41.0 Å². The zero-order valence-electron chi connectivity index (χ0n) is 14.7. The Morgan fingerprint density at radius 2 is 2.22 bits per heavy atom. The van der Waals surface area contributed by atoms with Crippen molar-refractivity contribution in [2.45, 2.75) is 70.6 Å². The summed E-state index contributed by atoms with van der Waals surface area (Å²) in [6.07, 6.45) is 7.64. The van der Waals surface area contributed by atoms with Crippen LogP contribution >= 0.6 is 0 Å². The average molecular weight is 323 g/mol. The molecule has 1 aromatic rings. The van der Waals surface area contributed by atoms with Gasteiger partial charge in [0.05, 0.1) is 12.9 Å². The van der Waals surface area contributed by atoms with Gasteiger partial charge in [-0.3, -0.25) is 0 Å². The molecule has 1 aliphatic rings. The van der Waals surface area contributed by atoms with Gasteiger partial charge in [0.15, 0.2) is 0 Å². The van der Waals surface area contributed by atoms with Gasteiger partial charge in [-0.1, -0.05) is 6.42 Å². The van der Waals surface area contributed by atoms with Gasteiger partial charge in [0.25, 0.3) is 0 Å². The number of amides is 1. The van der Waals surface area contributed by atoms with E-state index < -0.39 is 5.60 Å². The Kier molecular flexibility index (Phi) is 6.04. The van der Waals surface area contributed by atoms with E-state index in [1.165, 1.54) is 5.69 Å². The third-order valence-electron chi connectivity index (χ3n) is 4.09. The lowest BCUT2D eigenvalue weighted by atomic mass is 9.84. The summed E-state index contributed by atoms with van der Waals surface area (Å²) in [5, 5.41) is 3.01. The fraction of sp³-hybridized carbons (Fsp3) is 0.765. The summed E-state index contributed by atoms with van der Waals surface area (Å²) in [5.41, 5.74) is 0.773. The topological polar surface area (TPSA) is 65.4 Å². The smallest absolute Gasteiger partial charge is 0.407 e. The number of ether oxygens (including phenoxy) is 2. The predicted octanol–water partition coefficient (Wildman–Crippen LogP) is 3.08. The predicted molar refractivity (Wildman–Crippen MR) is 88.5 cm³/mol. The lowest BCUT2D eigenvalue weighted by molar-refractivity contribution is 0.0490. The van der Waals surface area contributed by atoms with E-state index >= 15 is 0 Å². The molecule has 23 heavy (non-hydrogen) atoms. The maximum atomic E-state index is 12.0. The molecule has 6 heteroatoms. The molecule has 1 saturated carbocycles. The maximum absolute atomic E-state index is 12.0. The van der Waals surface area contributed by atoms with Crippen LogP contribution < -0.4 is 5.32 Å². The van der Waals surface area contributed by atoms with Crippen LogP contribution in [0.15, 0.2) is 12.5 Å². The van der Waals surface area contributed by atoms with E-state index in [2.05, 4.69) is 14.9 Å². The van der Waals surface area contributed by atoms with E-state index in [9.17, 15) is 4.79 Å². The highest BCUT2D eigenvalue weighted by Gasteiger charge is 2.27. The lowest BCUT2D eigenvalue weighted by Crippen LogP contribution is -2.41. The van der Waals surface area contributed by atoms with Crippen LogP contribution in [0.2, 0.25) is 0 Å². The van der Waals surface area contributed by atoms with Crippen LogP contribution in [0.1, 0.15) is 58.1 Å². The Bertz CT molecular complexity index is 507. The SMILES string of the molecule is COCCn1cncc1C1CCCC(NC(=O)OC(C)(C)C)C1. The van der Waals surface area contributed by atoms with Gasteiger partial charge < -0.3 is 19.4 Å². The zero-order valence-corrected chi connectivity index (χ0v) is 14.7. The quantitative estimate of drug-likeness (QED) is 0.904. The van der Waals surface area contributed by atoms with Gasteiger partial charge in [-0.2, -0.15) is 0 Å². The molecule has 1 fully saturated rings. The number of hydrogen-bond acceptors (Lipinski definition) is 4. The highest BCUT2D eigenvalue weighted by molar-refractivity contribution is 5.68. The molecule has 1 aliphatic carbocycles. The Morgan fingerprint density at radius 3 is 2.91 bits per heavy atom. The van der Waals surface area contributed by atoms with Crippen LogP contribution in [0.4, 0.5) is 4.79 Å². The molecule has 0 radical (unpaired) electrons. The highest BCUT2D eigenvalue weighted by atomic mass is 16.6. The molecule has 2 atom stereocenters. The van der Waals surface area contributed by atoms with Gasteiger partial charge in [-0.05, 0) is 40.0 Å². The average Bonchev–Trinajstić information content (AvgIpc) is 2.91. The second-order valence-corrected chi connectivity index (χ2v) is 7.21. The van der Waals surface area contributed by atoms with Crippen molar-refractivity contribution in [3.05, 3.63) is 18.2 Å². The second kappa shape index (κ2) is 7.81. The summed E-state index contributed by atoms with van der Waals surface area (Å²) in [5.74, 6) is 0.419. The minimum atomic E-state index is -0.461. The van der Waals surface area contributed by atoms with Crippen molar-refractivity contribution in [3.8, 4) is 0 Å². The standard InChI is InChI=1S/C17H29N3O3/c1-17(2,3)23-16(21)19-14-7-5-6-13(10-14)15-11-18-12-20(15)8-9-22-4/h11-14H,5-10H2,1-4H3,(H,19,21). The van der Waals surface area contributed by atoms with Crippen molar-refractivity contribution < 1.29 is 14.3 Å². The monoisotopic (exact) mass is 323 g/mol. The van der Waals surface area contributed by atoms with Crippen molar-refractivity contribution >= 4 is 6.09 Å². The third kappa shape index (κ3) is 5.53. The zero-order chi connectivity index (χ0) is 16.9. The van der Waals surface area contributed by atoms with Crippen molar-refractivity contribution in [2.24, 2.45) is 0 Å². The van der Waals surface area contributed by atoms with Crippen LogP contribution in [0.3, 0.4) is 0 Å². The van der Waals surface area contributed by atoms with E-state index in [0.717, 1.165) is 32.2 Å². The molecule has 0 saturated heterocycles. The molecule has 2 rings (SSSR count). The number of imidazole rings is 1. The van der Waals surface area contributed by atoms with Gasteiger partial charge >= 0.3 is 6.09 Å². The molecule has 0 bridgehead atoms. The molecule has 1 amide bonds. The first kappa shape index (κ1) is 17.8. The Balaban J connectivity index is 1.93. The van der Waals surface area contributed by atoms with Crippen LogP contribution in [0, 0.1) is 0 Å². The molecule has 0 aliphatic heterocycles. The molecule has 130 valence electrons. The van der Waals surface area contributed by atoms with Gasteiger partial charge in [0.2, 0.25) is 0 Å². The number of alkyl carbamates (subject to hydrolysis) is 1. The number of aromatic nitrogens is 2. The first-order chi connectivity index (χ1) is 10.9. The molecule has 1 aromatic heterocycles. The summed E-state index contributed by atoms with van der Waals surface area (Å²) in [4.78, 5) is 16.2. The van der Waals surface area contributed by atoms with Gasteiger partial charge in [-0.15, -0.1) is 0 Å². The molecule has 1 heterocycles. The largest absolute Gasteiger partial charge is 0.444 e. The van der Waals surface area contributed by atoms with E-state index in [4.69, 9.17) is 9.47 Å². The first-order valence-electron chi connectivity index (χ1n) is 8.37.